The molecule has 0 saturated heterocycles. The first-order chi connectivity index (χ1) is 9.01. The van der Waals surface area contributed by atoms with Crippen LogP contribution in [-0.4, -0.2) is 10.1 Å². The second kappa shape index (κ2) is 4.71. The fraction of sp³-hybridized carbons (Fsp3) is 0.471. The standard InChI is InChI=1S/C17H22ClNO/c1-10-13(18)8-7-11-12(17(5,6)20)9-14(16(2,3)4)19-15(10)11/h7-9,20H,1-6H3. The molecular formula is C17H22ClNO. The van der Waals surface area contributed by atoms with Gasteiger partial charge in [-0.2, -0.15) is 0 Å². The molecular weight excluding hydrogens is 270 g/mol. The van der Waals surface area contributed by atoms with E-state index in [1.54, 1.807) is 13.8 Å². The molecule has 2 rings (SSSR count). The van der Waals surface area contributed by atoms with Crippen LogP contribution >= 0.6 is 11.6 Å². The van der Waals surface area contributed by atoms with Crippen LogP contribution < -0.4 is 0 Å². The van der Waals surface area contributed by atoms with E-state index in [1.165, 1.54) is 0 Å². The number of pyridine rings is 1. The molecule has 2 aromatic rings. The van der Waals surface area contributed by atoms with Gasteiger partial charge in [0.25, 0.3) is 0 Å². The summed E-state index contributed by atoms with van der Waals surface area (Å²) < 4.78 is 0. The fourth-order valence-corrected chi connectivity index (χ4v) is 2.45. The van der Waals surface area contributed by atoms with Gasteiger partial charge in [0.15, 0.2) is 0 Å². The van der Waals surface area contributed by atoms with Crippen molar-refractivity contribution in [1.82, 2.24) is 4.98 Å². The van der Waals surface area contributed by atoms with Crippen LogP contribution in [0.1, 0.15) is 51.4 Å². The topological polar surface area (TPSA) is 33.1 Å². The molecule has 0 aliphatic heterocycles. The Balaban J connectivity index is 2.93. The molecule has 0 atom stereocenters. The van der Waals surface area contributed by atoms with Gasteiger partial charge in [0.2, 0.25) is 0 Å². The summed E-state index contributed by atoms with van der Waals surface area (Å²) in [5.41, 5.74) is 2.70. The Morgan fingerprint density at radius 1 is 1.10 bits per heavy atom. The van der Waals surface area contributed by atoms with Crippen molar-refractivity contribution in [2.75, 3.05) is 0 Å². The molecule has 0 aliphatic carbocycles. The van der Waals surface area contributed by atoms with Crippen molar-refractivity contribution in [2.24, 2.45) is 0 Å². The molecule has 108 valence electrons. The van der Waals surface area contributed by atoms with Gasteiger partial charge in [-0.25, -0.2) is 0 Å². The van der Waals surface area contributed by atoms with E-state index in [9.17, 15) is 5.11 Å². The van der Waals surface area contributed by atoms with Crippen LogP contribution in [0, 0.1) is 6.92 Å². The van der Waals surface area contributed by atoms with E-state index in [4.69, 9.17) is 16.6 Å². The zero-order valence-electron chi connectivity index (χ0n) is 13.0. The van der Waals surface area contributed by atoms with Gasteiger partial charge >= 0.3 is 0 Å². The van der Waals surface area contributed by atoms with Gasteiger partial charge in [-0.15, -0.1) is 0 Å². The largest absolute Gasteiger partial charge is 0.386 e. The lowest BCUT2D eigenvalue weighted by Gasteiger charge is -2.25. The molecule has 1 aromatic carbocycles. The molecule has 0 spiro atoms. The van der Waals surface area contributed by atoms with Crippen molar-refractivity contribution < 1.29 is 5.11 Å². The molecule has 0 saturated carbocycles. The predicted molar refractivity (Wildman–Crippen MR) is 85.4 cm³/mol. The van der Waals surface area contributed by atoms with Crippen molar-refractivity contribution >= 4 is 22.5 Å². The molecule has 0 bridgehead atoms. The minimum Gasteiger partial charge on any atom is -0.386 e. The number of halogens is 1. The molecule has 1 heterocycles. The summed E-state index contributed by atoms with van der Waals surface area (Å²) in [7, 11) is 0. The third-order valence-corrected chi connectivity index (χ3v) is 4.01. The Bertz CT molecular complexity index is 663. The number of hydrogen-bond donors (Lipinski definition) is 1. The Kier molecular flexibility index (Phi) is 3.60. The summed E-state index contributed by atoms with van der Waals surface area (Å²) in [4.78, 5) is 4.79. The van der Waals surface area contributed by atoms with Crippen LogP contribution in [0.2, 0.25) is 5.02 Å². The van der Waals surface area contributed by atoms with E-state index in [0.717, 1.165) is 27.7 Å². The lowest BCUT2D eigenvalue weighted by Crippen LogP contribution is -2.20. The quantitative estimate of drug-likeness (QED) is 0.824. The van der Waals surface area contributed by atoms with Gasteiger partial charge in [0.05, 0.1) is 11.1 Å². The molecule has 1 N–H and O–H groups in total. The molecule has 0 aliphatic rings. The predicted octanol–water partition coefficient (Wildman–Crippen LogP) is 4.72. The number of hydrogen-bond acceptors (Lipinski definition) is 2. The molecule has 20 heavy (non-hydrogen) atoms. The zero-order valence-corrected chi connectivity index (χ0v) is 13.8. The van der Waals surface area contributed by atoms with E-state index < -0.39 is 5.60 Å². The van der Waals surface area contributed by atoms with Crippen LogP contribution in [0.15, 0.2) is 18.2 Å². The second-order valence-electron chi connectivity index (χ2n) is 6.93. The molecule has 0 fully saturated rings. The molecule has 0 radical (unpaired) electrons. The lowest BCUT2D eigenvalue weighted by atomic mass is 9.86. The monoisotopic (exact) mass is 291 g/mol. The van der Waals surface area contributed by atoms with Crippen LogP contribution in [-0.2, 0) is 11.0 Å². The average Bonchev–Trinajstić information content (AvgIpc) is 2.30. The summed E-state index contributed by atoms with van der Waals surface area (Å²) in [6.07, 6.45) is 0. The third kappa shape index (κ3) is 2.68. The highest BCUT2D eigenvalue weighted by molar-refractivity contribution is 6.32. The number of aliphatic hydroxyl groups is 1. The van der Waals surface area contributed by atoms with Crippen molar-refractivity contribution in [1.29, 1.82) is 0 Å². The first kappa shape index (κ1) is 15.3. The molecule has 0 unspecified atom stereocenters. The fourth-order valence-electron chi connectivity index (χ4n) is 2.29. The molecule has 2 nitrogen and oxygen atoms in total. The minimum absolute atomic E-state index is 0.0804. The number of aryl methyl sites for hydroxylation is 1. The minimum atomic E-state index is -0.915. The van der Waals surface area contributed by atoms with E-state index in [0.29, 0.717) is 5.02 Å². The van der Waals surface area contributed by atoms with Gasteiger partial charge in [-0.05, 0) is 44.0 Å². The highest BCUT2D eigenvalue weighted by Gasteiger charge is 2.25. The summed E-state index contributed by atoms with van der Waals surface area (Å²) in [5.74, 6) is 0. The number of nitrogens with zero attached hydrogens (tertiary/aromatic N) is 1. The Hall–Kier alpha value is -1.12. The highest BCUT2D eigenvalue weighted by Crippen LogP contribution is 2.35. The number of benzene rings is 1. The number of rotatable bonds is 1. The summed E-state index contributed by atoms with van der Waals surface area (Å²) in [5, 5.41) is 12.1. The summed E-state index contributed by atoms with van der Waals surface area (Å²) in [6, 6.07) is 5.82. The van der Waals surface area contributed by atoms with Gasteiger partial charge in [-0.1, -0.05) is 38.4 Å². The molecule has 0 amide bonds. The van der Waals surface area contributed by atoms with Crippen LogP contribution in [0.4, 0.5) is 0 Å². The smallest absolute Gasteiger partial charge is 0.0847 e. The van der Waals surface area contributed by atoms with Crippen LogP contribution in [0.5, 0.6) is 0 Å². The highest BCUT2D eigenvalue weighted by atomic mass is 35.5. The van der Waals surface area contributed by atoms with E-state index >= 15 is 0 Å². The molecule has 1 aromatic heterocycles. The maximum absolute atomic E-state index is 10.5. The summed E-state index contributed by atoms with van der Waals surface area (Å²) >= 11 is 6.22. The van der Waals surface area contributed by atoms with E-state index in [1.807, 2.05) is 25.1 Å². The van der Waals surface area contributed by atoms with Crippen molar-refractivity contribution in [3.8, 4) is 0 Å². The average molecular weight is 292 g/mol. The van der Waals surface area contributed by atoms with Gasteiger partial charge in [-0.3, -0.25) is 4.98 Å². The maximum atomic E-state index is 10.5. The Labute approximate surface area is 125 Å². The SMILES string of the molecule is Cc1c(Cl)ccc2c(C(C)(C)O)cc(C(C)(C)C)nc12. The van der Waals surface area contributed by atoms with Crippen molar-refractivity contribution in [2.45, 2.75) is 52.6 Å². The van der Waals surface area contributed by atoms with Crippen LogP contribution in [0.25, 0.3) is 10.9 Å². The Morgan fingerprint density at radius 2 is 1.70 bits per heavy atom. The van der Waals surface area contributed by atoms with Gasteiger partial charge in [0, 0.05) is 21.5 Å². The molecule has 3 heteroatoms. The normalized spacial score (nSPS) is 13.0. The van der Waals surface area contributed by atoms with Crippen molar-refractivity contribution in [3.05, 3.63) is 40.0 Å². The number of fused-ring (bicyclic) bond motifs is 1. The first-order valence-electron chi connectivity index (χ1n) is 6.85. The Morgan fingerprint density at radius 3 is 2.20 bits per heavy atom. The van der Waals surface area contributed by atoms with E-state index in [-0.39, 0.29) is 5.41 Å². The summed E-state index contributed by atoms with van der Waals surface area (Å²) in [6.45, 7) is 11.9. The number of aromatic nitrogens is 1. The second-order valence-corrected chi connectivity index (χ2v) is 7.34. The van der Waals surface area contributed by atoms with Crippen molar-refractivity contribution in [3.63, 3.8) is 0 Å². The zero-order chi connectivity index (χ0) is 15.3. The first-order valence-corrected chi connectivity index (χ1v) is 7.23. The maximum Gasteiger partial charge on any atom is 0.0847 e. The van der Waals surface area contributed by atoms with Gasteiger partial charge < -0.3 is 5.11 Å². The lowest BCUT2D eigenvalue weighted by molar-refractivity contribution is 0.0800. The third-order valence-electron chi connectivity index (χ3n) is 3.60. The van der Waals surface area contributed by atoms with E-state index in [2.05, 4.69) is 20.8 Å². The van der Waals surface area contributed by atoms with Gasteiger partial charge in [0.1, 0.15) is 0 Å². The van der Waals surface area contributed by atoms with Crippen LogP contribution in [0.3, 0.4) is 0 Å².